The van der Waals surface area contributed by atoms with Crippen LogP contribution in [0.4, 0.5) is 4.39 Å². The Hall–Kier alpha value is -0.890. The van der Waals surface area contributed by atoms with Gasteiger partial charge in [0, 0.05) is 0 Å². The Balaban J connectivity index is 2.20. The first-order valence-electron chi connectivity index (χ1n) is 6.63. The van der Waals surface area contributed by atoms with E-state index >= 15 is 0 Å². The van der Waals surface area contributed by atoms with E-state index in [1.54, 1.807) is 6.07 Å². The molecule has 0 bridgehead atoms. The van der Waals surface area contributed by atoms with Crippen molar-refractivity contribution in [1.82, 2.24) is 5.32 Å². The van der Waals surface area contributed by atoms with Crippen molar-refractivity contribution in [2.24, 2.45) is 5.92 Å². The fraction of sp³-hybridized carbons (Fsp3) is 0.600. The average molecular weight is 235 g/mol. The first-order valence-corrected chi connectivity index (χ1v) is 6.63. The van der Waals surface area contributed by atoms with Gasteiger partial charge in [0.1, 0.15) is 5.82 Å². The van der Waals surface area contributed by atoms with Crippen LogP contribution in [-0.4, -0.2) is 13.6 Å². The normalized spacial score (nSPS) is 24.9. The molecule has 2 atom stereocenters. The minimum atomic E-state index is -0.0590. The molecule has 0 saturated heterocycles. The molecule has 2 heteroatoms. The highest BCUT2D eigenvalue weighted by Crippen LogP contribution is 2.37. The van der Waals surface area contributed by atoms with Gasteiger partial charge in [0.25, 0.3) is 0 Å². The van der Waals surface area contributed by atoms with Gasteiger partial charge in [-0.2, -0.15) is 0 Å². The molecule has 0 spiro atoms. The quantitative estimate of drug-likeness (QED) is 0.843. The highest BCUT2D eigenvalue weighted by molar-refractivity contribution is 5.27. The monoisotopic (exact) mass is 235 g/mol. The van der Waals surface area contributed by atoms with E-state index in [4.69, 9.17) is 0 Å². The summed E-state index contributed by atoms with van der Waals surface area (Å²) >= 11 is 0. The van der Waals surface area contributed by atoms with Crippen molar-refractivity contribution in [2.75, 3.05) is 13.6 Å². The molecule has 0 heterocycles. The maximum absolute atomic E-state index is 13.6. The first-order chi connectivity index (χ1) is 8.22. The van der Waals surface area contributed by atoms with Crippen LogP contribution in [-0.2, 0) is 0 Å². The first kappa shape index (κ1) is 12.6. The fourth-order valence-corrected chi connectivity index (χ4v) is 2.99. The van der Waals surface area contributed by atoms with Crippen LogP contribution in [0, 0.1) is 18.7 Å². The van der Waals surface area contributed by atoms with Gasteiger partial charge in [-0.3, -0.25) is 0 Å². The van der Waals surface area contributed by atoms with Crippen LogP contribution in [0.2, 0.25) is 0 Å². The fourth-order valence-electron chi connectivity index (χ4n) is 2.99. The van der Waals surface area contributed by atoms with Crippen molar-refractivity contribution < 1.29 is 4.39 Å². The van der Waals surface area contributed by atoms with Crippen molar-refractivity contribution in [3.05, 3.63) is 35.1 Å². The standard InChI is InChI=1S/C15H22FN/c1-11-7-8-12(9-15(11)16)14-6-4-3-5-13(14)10-17-2/h7-9,13-14,17H,3-6,10H2,1-2H3. The molecule has 1 aromatic carbocycles. The molecule has 0 aromatic heterocycles. The van der Waals surface area contributed by atoms with Crippen LogP contribution in [0.25, 0.3) is 0 Å². The van der Waals surface area contributed by atoms with Gasteiger partial charge in [0.2, 0.25) is 0 Å². The molecule has 0 aliphatic heterocycles. The Labute approximate surface area is 103 Å². The lowest BCUT2D eigenvalue weighted by atomic mass is 9.75. The Bertz CT molecular complexity index is 373. The summed E-state index contributed by atoms with van der Waals surface area (Å²) in [6, 6.07) is 5.76. The molecule has 0 amide bonds. The van der Waals surface area contributed by atoms with Gasteiger partial charge in [-0.15, -0.1) is 0 Å². The predicted octanol–water partition coefficient (Wildman–Crippen LogP) is 3.63. The zero-order chi connectivity index (χ0) is 12.3. The Morgan fingerprint density at radius 3 is 2.76 bits per heavy atom. The lowest BCUT2D eigenvalue weighted by Gasteiger charge is -2.32. The van der Waals surface area contributed by atoms with E-state index in [2.05, 4.69) is 11.4 Å². The van der Waals surface area contributed by atoms with Crippen LogP contribution in [0.1, 0.15) is 42.7 Å². The van der Waals surface area contributed by atoms with Crippen LogP contribution < -0.4 is 5.32 Å². The van der Waals surface area contributed by atoms with Crippen molar-refractivity contribution >= 4 is 0 Å². The molecule has 1 aliphatic rings. The van der Waals surface area contributed by atoms with Crippen molar-refractivity contribution in [1.29, 1.82) is 0 Å². The number of hydrogen-bond donors (Lipinski definition) is 1. The molecule has 0 radical (unpaired) electrons. The Kier molecular flexibility index (Phi) is 4.16. The summed E-state index contributed by atoms with van der Waals surface area (Å²) in [7, 11) is 2.00. The summed E-state index contributed by atoms with van der Waals surface area (Å²) in [5.41, 5.74) is 1.93. The second kappa shape index (κ2) is 5.63. The van der Waals surface area contributed by atoms with Crippen molar-refractivity contribution in [3.63, 3.8) is 0 Å². The largest absolute Gasteiger partial charge is 0.319 e. The number of benzene rings is 1. The molecule has 2 unspecified atom stereocenters. The minimum Gasteiger partial charge on any atom is -0.319 e. The number of nitrogens with one attached hydrogen (secondary N) is 1. The molecular formula is C15H22FN. The van der Waals surface area contributed by atoms with Gasteiger partial charge in [0.15, 0.2) is 0 Å². The number of aryl methyl sites for hydroxylation is 1. The van der Waals surface area contributed by atoms with Gasteiger partial charge < -0.3 is 5.32 Å². The van der Waals surface area contributed by atoms with E-state index < -0.39 is 0 Å². The van der Waals surface area contributed by atoms with Gasteiger partial charge in [-0.05, 0) is 62.4 Å². The summed E-state index contributed by atoms with van der Waals surface area (Å²) in [4.78, 5) is 0. The van der Waals surface area contributed by atoms with E-state index in [0.29, 0.717) is 11.8 Å². The summed E-state index contributed by atoms with van der Waals surface area (Å²) in [5, 5.41) is 3.27. The van der Waals surface area contributed by atoms with Gasteiger partial charge >= 0.3 is 0 Å². The smallest absolute Gasteiger partial charge is 0.126 e. The molecule has 1 aromatic rings. The van der Waals surface area contributed by atoms with E-state index in [9.17, 15) is 4.39 Å². The molecular weight excluding hydrogens is 213 g/mol. The van der Waals surface area contributed by atoms with E-state index in [1.807, 2.05) is 20.0 Å². The third-order valence-electron chi connectivity index (χ3n) is 4.00. The van der Waals surface area contributed by atoms with E-state index in [1.165, 1.54) is 31.2 Å². The molecule has 1 aliphatic carbocycles. The topological polar surface area (TPSA) is 12.0 Å². The summed E-state index contributed by atoms with van der Waals surface area (Å²) in [6.45, 7) is 2.87. The molecule has 17 heavy (non-hydrogen) atoms. The predicted molar refractivity (Wildman–Crippen MR) is 69.8 cm³/mol. The molecule has 94 valence electrons. The number of halogens is 1. The third-order valence-corrected chi connectivity index (χ3v) is 4.00. The SMILES string of the molecule is CNCC1CCCCC1c1ccc(C)c(F)c1. The maximum atomic E-state index is 13.6. The van der Waals surface area contributed by atoms with E-state index in [-0.39, 0.29) is 5.82 Å². The van der Waals surface area contributed by atoms with Gasteiger partial charge in [-0.1, -0.05) is 25.0 Å². The molecule has 1 saturated carbocycles. The number of rotatable bonds is 3. The molecule has 2 rings (SSSR count). The van der Waals surface area contributed by atoms with Gasteiger partial charge in [-0.25, -0.2) is 4.39 Å². The molecule has 1 N–H and O–H groups in total. The second-order valence-electron chi connectivity index (χ2n) is 5.22. The van der Waals surface area contributed by atoms with Crippen LogP contribution in [0.5, 0.6) is 0 Å². The molecule has 1 fully saturated rings. The van der Waals surface area contributed by atoms with E-state index in [0.717, 1.165) is 12.1 Å². The average Bonchev–Trinajstić information content (AvgIpc) is 2.34. The Morgan fingerprint density at radius 2 is 2.06 bits per heavy atom. The lowest BCUT2D eigenvalue weighted by molar-refractivity contribution is 0.300. The summed E-state index contributed by atoms with van der Waals surface area (Å²) in [6.07, 6.45) is 5.06. The van der Waals surface area contributed by atoms with Crippen LogP contribution in [0.3, 0.4) is 0 Å². The number of hydrogen-bond acceptors (Lipinski definition) is 1. The summed E-state index contributed by atoms with van der Waals surface area (Å²) < 4.78 is 13.6. The third kappa shape index (κ3) is 2.86. The lowest BCUT2D eigenvalue weighted by Crippen LogP contribution is -2.27. The second-order valence-corrected chi connectivity index (χ2v) is 5.22. The van der Waals surface area contributed by atoms with Crippen LogP contribution in [0.15, 0.2) is 18.2 Å². The Morgan fingerprint density at radius 1 is 1.29 bits per heavy atom. The van der Waals surface area contributed by atoms with Gasteiger partial charge in [0.05, 0.1) is 0 Å². The molecule has 1 nitrogen and oxygen atoms in total. The summed E-state index contributed by atoms with van der Waals surface area (Å²) in [5.74, 6) is 1.14. The minimum absolute atomic E-state index is 0.0590. The zero-order valence-corrected chi connectivity index (χ0v) is 10.8. The highest BCUT2D eigenvalue weighted by atomic mass is 19.1. The van der Waals surface area contributed by atoms with Crippen LogP contribution >= 0.6 is 0 Å². The zero-order valence-electron chi connectivity index (χ0n) is 10.8. The van der Waals surface area contributed by atoms with Crippen molar-refractivity contribution in [2.45, 2.75) is 38.5 Å². The maximum Gasteiger partial charge on any atom is 0.126 e. The highest BCUT2D eigenvalue weighted by Gasteiger charge is 2.26. The van der Waals surface area contributed by atoms with Crippen molar-refractivity contribution in [3.8, 4) is 0 Å².